The maximum absolute atomic E-state index is 15.8. The third-order valence-electron chi connectivity index (χ3n) is 12.5. The van der Waals surface area contributed by atoms with Gasteiger partial charge < -0.3 is 34.8 Å². The van der Waals surface area contributed by atoms with Gasteiger partial charge in [0.05, 0.1) is 29.0 Å². The minimum Gasteiger partial charge on any atom is -0.545 e. The number of halogens is 2. The van der Waals surface area contributed by atoms with Crippen molar-refractivity contribution in [2.24, 2.45) is 0 Å². The molecule has 0 atom stereocenters. The first-order valence-electron chi connectivity index (χ1n) is 23.6. The normalized spacial score (nSPS) is 11.4. The van der Waals surface area contributed by atoms with Crippen molar-refractivity contribution in [1.82, 2.24) is 24.8 Å². The number of benzene rings is 5. The van der Waals surface area contributed by atoms with Crippen molar-refractivity contribution < 1.29 is 45.9 Å². The van der Waals surface area contributed by atoms with Crippen molar-refractivity contribution >= 4 is 72.8 Å². The van der Waals surface area contributed by atoms with Gasteiger partial charge in [-0.05, 0) is 84.6 Å². The van der Waals surface area contributed by atoms with Gasteiger partial charge in [0.1, 0.15) is 42.7 Å². The highest BCUT2D eigenvalue weighted by atomic mass is 32.2. The topological polar surface area (TPSA) is 223 Å². The molecule has 3 aromatic heterocycles. The van der Waals surface area contributed by atoms with Crippen LogP contribution in [0.2, 0.25) is 0 Å². The molecule has 2 amide bonds. The molecule has 0 saturated carbocycles. The Morgan fingerprint density at radius 2 is 1.57 bits per heavy atom. The lowest BCUT2D eigenvalue weighted by atomic mass is 9.89. The molecule has 4 N–H and O–H groups in total. The highest BCUT2D eigenvalue weighted by Crippen LogP contribution is 2.42. The smallest absolute Gasteiger partial charge is 0.251 e. The van der Waals surface area contributed by atoms with Gasteiger partial charge in [0.2, 0.25) is 27.1 Å². The van der Waals surface area contributed by atoms with Crippen LogP contribution in [0.15, 0.2) is 138 Å². The number of ketones is 1. The number of pyridine rings is 2. The number of rotatable bonds is 17. The van der Waals surface area contributed by atoms with Gasteiger partial charge in [-0.25, -0.2) is 31.7 Å². The number of carboxylic acids is 1. The lowest BCUT2D eigenvalue weighted by Gasteiger charge is -2.20. The molecular weight excluding hydrogens is 983 g/mol. The molecule has 16 nitrogen and oxygen atoms in total. The van der Waals surface area contributed by atoms with E-state index in [0.29, 0.717) is 63.0 Å². The second-order valence-corrected chi connectivity index (χ2v) is 19.9. The first-order chi connectivity index (χ1) is 35.9. The van der Waals surface area contributed by atoms with E-state index in [1.807, 2.05) is 74.1 Å². The molecule has 1 aliphatic heterocycles. The second-order valence-electron chi connectivity index (χ2n) is 18.2. The summed E-state index contributed by atoms with van der Waals surface area (Å²) in [6, 6.07) is 30.6. The number of nitrogens with zero attached hydrogens (tertiary/aromatic N) is 4. The standard InChI is InChI=1S/C56H48F2N8O8S/c1-65(2)36-15-18-39-46(26-36)74-47-27-37(66(3)4)16-19-40(47)50(39)38-17-13-33(24-42(38)56(70)71)55(69)59-23-9-8-12-49(67)63-48-22-14-34(28-60-48)35-25-41-43(30-62-54(41)61-29-35)53(68)51-44(57)20-21-45(52(51)58)64-75(72,73)31-32-10-6-5-7-11-32/h5-7,10-11,13-22,24-30,59,64H,8-9,12,23,31H2,1-4H3,(H2,69,70,71). The van der Waals surface area contributed by atoms with Gasteiger partial charge in [0.25, 0.3) is 5.91 Å². The number of H-pyrrole nitrogens is 1. The monoisotopic (exact) mass is 1030 g/mol. The number of aromatic nitrogens is 3. The molecule has 0 fully saturated rings. The van der Waals surface area contributed by atoms with Crippen LogP contribution >= 0.6 is 0 Å². The fraction of sp³-hybridized carbons (Fsp3) is 0.161. The first-order valence-corrected chi connectivity index (χ1v) is 25.2. The molecule has 0 radical (unpaired) electrons. The van der Waals surface area contributed by atoms with E-state index in [1.165, 1.54) is 24.7 Å². The van der Waals surface area contributed by atoms with Crippen LogP contribution in [0.5, 0.6) is 0 Å². The van der Waals surface area contributed by atoms with Crippen LogP contribution in [0.25, 0.3) is 55.6 Å². The van der Waals surface area contributed by atoms with Crippen molar-refractivity contribution in [3.05, 3.63) is 179 Å². The molecule has 2 aliphatic rings. The van der Waals surface area contributed by atoms with Gasteiger partial charge in [0.15, 0.2) is 5.82 Å². The third-order valence-corrected chi connectivity index (χ3v) is 13.8. The Bertz CT molecular complexity index is 3870. The van der Waals surface area contributed by atoms with Gasteiger partial charge in [-0.1, -0.05) is 36.4 Å². The molecule has 1 aliphatic carbocycles. The van der Waals surface area contributed by atoms with Crippen molar-refractivity contribution in [1.29, 1.82) is 0 Å². The maximum Gasteiger partial charge on any atom is 0.251 e. The highest BCUT2D eigenvalue weighted by Gasteiger charge is 2.27. The molecule has 0 spiro atoms. The largest absolute Gasteiger partial charge is 0.545 e. The van der Waals surface area contributed by atoms with Crippen molar-refractivity contribution in [3.63, 3.8) is 0 Å². The van der Waals surface area contributed by atoms with Crippen LogP contribution in [0.3, 0.4) is 0 Å². The number of hydrogen-bond donors (Lipinski definition) is 4. The Balaban J connectivity index is 0.813. The SMILES string of the molecule is CN(C)c1ccc2c(-c3ccc(C(=O)NCCCCC(=O)Nc4ccc(-c5cnc6[nH]cc(C(=O)c7c(F)ccc(NS(=O)(=O)Cc8ccccc8)c7F)c6c5)cn4)cc3C(=O)[O-])c3ccc(=[N+](C)C)cc-3oc2c1. The number of carbonyl (C=O) groups is 4. The zero-order valence-corrected chi connectivity index (χ0v) is 41.8. The molecule has 19 heteroatoms. The number of hydrogen-bond acceptors (Lipinski definition) is 11. The Morgan fingerprint density at radius 3 is 2.31 bits per heavy atom. The number of carbonyl (C=O) groups excluding carboxylic acids is 4. The quantitative estimate of drug-likeness (QED) is 0.0301. The zero-order chi connectivity index (χ0) is 53.1. The molecular formula is C56H48F2N8O8S. The van der Waals surface area contributed by atoms with E-state index in [0.717, 1.165) is 23.2 Å². The number of nitrogens with one attached hydrogen (secondary N) is 4. The number of sulfonamides is 1. The molecule has 0 bridgehead atoms. The highest BCUT2D eigenvalue weighted by molar-refractivity contribution is 7.91. The summed E-state index contributed by atoms with van der Waals surface area (Å²) in [5.74, 6) is -5.55. The van der Waals surface area contributed by atoms with Gasteiger partial charge in [0, 0.05) is 113 Å². The number of aromatic carboxylic acids is 1. The van der Waals surface area contributed by atoms with Crippen LogP contribution in [0, 0.1) is 11.6 Å². The van der Waals surface area contributed by atoms with Gasteiger partial charge in [-0.15, -0.1) is 0 Å². The molecule has 4 aromatic carbocycles. The van der Waals surface area contributed by atoms with E-state index in [-0.39, 0.29) is 52.4 Å². The van der Waals surface area contributed by atoms with E-state index in [4.69, 9.17) is 4.42 Å². The second kappa shape index (κ2) is 21.2. The maximum atomic E-state index is 15.8. The lowest BCUT2D eigenvalue weighted by Crippen LogP contribution is -2.27. The summed E-state index contributed by atoms with van der Waals surface area (Å²) in [6.45, 7) is 0.208. The van der Waals surface area contributed by atoms with Crippen LogP contribution in [0.1, 0.15) is 61.5 Å². The predicted molar refractivity (Wildman–Crippen MR) is 281 cm³/mol. The summed E-state index contributed by atoms with van der Waals surface area (Å²) < 4.78 is 67.2. The summed E-state index contributed by atoms with van der Waals surface area (Å²) >= 11 is 0. The Kier molecular flexibility index (Phi) is 14.3. The molecule has 9 rings (SSSR count). The van der Waals surface area contributed by atoms with Gasteiger partial charge >= 0.3 is 0 Å². The molecule has 0 unspecified atom stereocenters. The van der Waals surface area contributed by atoms with E-state index in [9.17, 15) is 32.7 Å². The van der Waals surface area contributed by atoms with E-state index in [1.54, 1.807) is 60.7 Å². The van der Waals surface area contributed by atoms with E-state index in [2.05, 4.69) is 30.3 Å². The van der Waals surface area contributed by atoms with E-state index >= 15 is 8.78 Å². The molecule has 7 aromatic rings. The number of carboxylic acid groups (broad SMARTS) is 1. The molecule has 380 valence electrons. The number of anilines is 3. The Labute approximate surface area is 428 Å². The number of fused-ring (bicyclic) bond motifs is 3. The van der Waals surface area contributed by atoms with Crippen molar-refractivity contribution in [2.75, 3.05) is 49.7 Å². The fourth-order valence-corrected chi connectivity index (χ4v) is 9.86. The Hall–Kier alpha value is -9.10. The molecule has 0 saturated heterocycles. The average Bonchev–Trinajstić information content (AvgIpc) is 3.82. The van der Waals surface area contributed by atoms with Crippen LogP contribution in [0.4, 0.5) is 26.0 Å². The third kappa shape index (κ3) is 11.0. The summed E-state index contributed by atoms with van der Waals surface area (Å²) in [4.78, 5) is 66.2. The van der Waals surface area contributed by atoms with Crippen LogP contribution in [-0.4, -0.2) is 81.7 Å². The molecule has 4 heterocycles. The lowest BCUT2D eigenvalue weighted by molar-refractivity contribution is -0.255. The number of unbranched alkanes of at least 4 members (excludes halogenated alkanes) is 1. The fourth-order valence-electron chi connectivity index (χ4n) is 8.67. The van der Waals surface area contributed by atoms with Gasteiger partial charge in [-0.3, -0.25) is 19.1 Å². The first kappa shape index (κ1) is 50.8. The number of amides is 2. The van der Waals surface area contributed by atoms with Crippen molar-refractivity contribution in [3.8, 4) is 33.6 Å². The van der Waals surface area contributed by atoms with E-state index < -0.39 is 56.3 Å². The minimum absolute atomic E-state index is 0.106. The summed E-state index contributed by atoms with van der Waals surface area (Å²) in [6.07, 6.45) is 5.20. The Morgan fingerprint density at radius 1 is 0.800 bits per heavy atom. The average molecular weight is 1030 g/mol. The molecule has 75 heavy (non-hydrogen) atoms. The summed E-state index contributed by atoms with van der Waals surface area (Å²) in [7, 11) is 3.51. The van der Waals surface area contributed by atoms with Crippen LogP contribution < -0.4 is 35.3 Å². The minimum atomic E-state index is -4.14. The van der Waals surface area contributed by atoms with Gasteiger partial charge in [-0.2, -0.15) is 0 Å². The zero-order valence-electron chi connectivity index (χ0n) is 41.0. The van der Waals surface area contributed by atoms with Crippen LogP contribution in [-0.2, 0) is 20.6 Å². The summed E-state index contributed by atoms with van der Waals surface area (Å²) in [5.41, 5.74) is 3.15. The predicted octanol–water partition coefficient (Wildman–Crippen LogP) is 7.59. The number of aromatic amines is 1. The van der Waals surface area contributed by atoms with Crippen molar-refractivity contribution in [2.45, 2.75) is 25.0 Å². The summed E-state index contributed by atoms with van der Waals surface area (Å²) in [5, 5.41) is 20.1.